The maximum Gasteiger partial charge on any atom is 0.107 e. The number of thiocarbonyl (C=S) groups is 1. The second-order valence-electron chi connectivity index (χ2n) is 4.96. The van der Waals surface area contributed by atoms with Gasteiger partial charge in [0.1, 0.15) is 4.99 Å². The molecule has 1 rings (SSSR count). The molecule has 0 bridgehead atoms. The molecule has 0 heterocycles. The van der Waals surface area contributed by atoms with Gasteiger partial charge in [-0.1, -0.05) is 32.1 Å². The lowest BCUT2D eigenvalue weighted by Crippen LogP contribution is -2.31. The molecule has 0 saturated carbocycles. The van der Waals surface area contributed by atoms with Gasteiger partial charge in [-0.25, -0.2) is 0 Å². The zero-order chi connectivity index (χ0) is 15.8. The molecule has 3 nitrogen and oxygen atoms in total. The molecule has 118 valence electrons. The van der Waals surface area contributed by atoms with Crippen molar-refractivity contribution in [3.63, 3.8) is 0 Å². The van der Waals surface area contributed by atoms with Gasteiger partial charge in [-0.05, 0) is 61.0 Å². The summed E-state index contributed by atoms with van der Waals surface area (Å²) in [5, 5.41) is 0. The fourth-order valence-corrected chi connectivity index (χ4v) is 3.41. The molecule has 0 aromatic heterocycles. The van der Waals surface area contributed by atoms with Crippen molar-refractivity contribution in [1.29, 1.82) is 0 Å². The van der Waals surface area contributed by atoms with E-state index in [4.69, 9.17) is 18.0 Å². The van der Waals surface area contributed by atoms with E-state index in [1.165, 1.54) is 0 Å². The molecule has 0 aliphatic heterocycles. The topological polar surface area (TPSA) is 32.5 Å². The summed E-state index contributed by atoms with van der Waals surface area (Å²) in [5.41, 5.74) is 7.96. The van der Waals surface area contributed by atoms with Crippen LogP contribution in [0.25, 0.3) is 0 Å². The van der Waals surface area contributed by atoms with E-state index in [2.05, 4.69) is 52.6 Å². The molecule has 0 aliphatic carbocycles. The normalized spacial score (nSPS) is 10.9. The first-order valence-corrected chi connectivity index (χ1v) is 8.80. The van der Waals surface area contributed by atoms with Crippen molar-refractivity contribution in [2.75, 3.05) is 37.6 Å². The van der Waals surface area contributed by atoms with Crippen LogP contribution >= 0.6 is 28.1 Å². The molecule has 0 amide bonds. The average Bonchev–Trinajstić information content (AvgIpc) is 2.47. The minimum atomic E-state index is 0.444. The van der Waals surface area contributed by atoms with E-state index in [0.29, 0.717) is 4.99 Å². The van der Waals surface area contributed by atoms with Crippen LogP contribution in [0, 0.1) is 0 Å². The maximum absolute atomic E-state index is 5.89. The van der Waals surface area contributed by atoms with Crippen LogP contribution in [0.4, 0.5) is 5.69 Å². The number of anilines is 1. The molecule has 0 fully saturated rings. The summed E-state index contributed by atoms with van der Waals surface area (Å²) in [7, 11) is 0. The van der Waals surface area contributed by atoms with Crippen molar-refractivity contribution >= 4 is 38.8 Å². The van der Waals surface area contributed by atoms with E-state index in [1.807, 2.05) is 12.1 Å². The zero-order valence-electron chi connectivity index (χ0n) is 13.2. The molecule has 0 spiro atoms. The molecular weight excluding hydrogens is 346 g/mol. The van der Waals surface area contributed by atoms with Crippen LogP contribution in [0.5, 0.6) is 0 Å². The van der Waals surface area contributed by atoms with Crippen LogP contribution in [0.15, 0.2) is 22.7 Å². The Morgan fingerprint density at radius 2 is 1.81 bits per heavy atom. The minimum Gasteiger partial charge on any atom is -0.389 e. The Morgan fingerprint density at radius 1 is 1.14 bits per heavy atom. The van der Waals surface area contributed by atoms with Gasteiger partial charge in [0.2, 0.25) is 0 Å². The van der Waals surface area contributed by atoms with Gasteiger partial charge in [0.25, 0.3) is 0 Å². The van der Waals surface area contributed by atoms with E-state index in [1.54, 1.807) is 0 Å². The Hall–Kier alpha value is -0.650. The predicted molar refractivity (Wildman–Crippen MR) is 100 cm³/mol. The van der Waals surface area contributed by atoms with Crippen LogP contribution in [-0.4, -0.2) is 42.6 Å². The summed E-state index contributed by atoms with van der Waals surface area (Å²) >= 11 is 8.77. The summed E-state index contributed by atoms with van der Waals surface area (Å²) < 4.78 is 0.967. The van der Waals surface area contributed by atoms with E-state index in [9.17, 15) is 0 Å². The van der Waals surface area contributed by atoms with Crippen LogP contribution in [0.3, 0.4) is 0 Å². The Bertz CT molecular complexity index is 461. The van der Waals surface area contributed by atoms with E-state index >= 15 is 0 Å². The number of hydrogen-bond donors (Lipinski definition) is 1. The third-order valence-electron chi connectivity index (χ3n) is 3.76. The fraction of sp³-hybridized carbons (Fsp3) is 0.562. The zero-order valence-corrected chi connectivity index (χ0v) is 15.6. The SMILES string of the molecule is CCN(CC)CCCN(CC)c1cccc(Br)c1C(N)=S. The molecular formula is C16H26BrN3S. The van der Waals surface area contributed by atoms with E-state index < -0.39 is 0 Å². The Balaban J connectivity index is 2.81. The molecule has 5 heteroatoms. The van der Waals surface area contributed by atoms with Crippen LogP contribution in [-0.2, 0) is 0 Å². The molecule has 0 atom stereocenters. The van der Waals surface area contributed by atoms with Gasteiger partial charge in [0.05, 0.1) is 0 Å². The summed E-state index contributed by atoms with van der Waals surface area (Å²) in [6, 6.07) is 6.12. The van der Waals surface area contributed by atoms with Gasteiger partial charge in [-0.3, -0.25) is 0 Å². The van der Waals surface area contributed by atoms with Gasteiger partial charge >= 0.3 is 0 Å². The largest absolute Gasteiger partial charge is 0.389 e. The molecule has 0 aliphatic rings. The number of benzene rings is 1. The molecule has 2 N–H and O–H groups in total. The van der Waals surface area contributed by atoms with Crippen LogP contribution in [0.1, 0.15) is 32.8 Å². The number of halogens is 1. The summed E-state index contributed by atoms with van der Waals surface area (Å²) in [6.07, 6.45) is 1.14. The Morgan fingerprint density at radius 3 is 2.33 bits per heavy atom. The standard InChI is InChI=1S/C16H26BrN3S/c1-4-19(5-2)11-8-12-20(6-3)14-10-7-9-13(17)15(14)16(18)21/h7,9-10H,4-6,8,11-12H2,1-3H3,(H2,18,21). The molecule has 1 aromatic carbocycles. The van der Waals surface area contributed by atoms with Crippen molar-refractivity contribution in [3.8, 4) is 0 Å². The predicted octanol–water partition coefficient (Wildman–Crippen LogP) is 3.64. The molecule has 0 saturated heterocycles. The Labute approximate surface area is 142 Å². The molecule has 1 aromatic rings. The molecule has 0 unspecified atom stereocenters. The average molecular weight is 372 g/mol. The second-order valence-corrected chi connectivity index (χ2v) is 6.25. The van der Waals surface area contributed by atoms with Crippen molar-refractivity contribution in [2.45, 2.75) is 27.2 Å². The lowest BCUT2D eigenvalue weighted by Gasteiger charge is -2.27. The third-order valence-corrected chi connectivity index (χ3v) is 4.62. The minimum absolute atomic E-state index is 0.444. The first-order chi connectivity index (χ1) is 10.0. The fourth-order valence-electron chi connectivity index (χ4n) is 2.49. The summed E-state index contributed by atoms with van der Waals surface area (Å²) in [5.74, 6) is 0. The lowest BCUT2D eigenvalue weighted by atomic mass is 10.1. The number of nitrogens with two attached hydrogens (primary N) is 1. The van der Waals surface area contributed by atoms with Crippen LogP contribution < -0.4 is 10.6 Å². The molecule has 0 radical (unpaired) electrons. The smallest absolute Gasteiger partial charge is 0.107 e. The highest BCUT2D eigenvalue weighted by atomic mass is 79.9. The van der Waals surface area contributed by atoms with Gasteiger partial charge in [-0.15, -0.1) is 0 Å². The highest BCUT2D eigenvalue weighted by molar-refractivity contribution is 9.10. The van der Waals surface area contributed by atoms with Gasteiger partial charge in [0, 0.05) is 28.8 Å². The van der Waals surface area contributed by atoms with Crippen molar-refractivity contribution in [2.24, 2.45) is 5.73 Å². The summed E-state index contributed by atoms with van der Waals surface area (Å²) in [6.45, 7) is 11.9. The highest BCUT2D eigenvalue weighted by Gasteiger charge is 2.14. The van der Waals surface area contributed by atoms with Gasteiger partial charge < -0.3 is 15.5 Å². The third kappa shape index (κ3) is 5.24. The monoisotopic (exact) mass is 371 g/mol. The van der Waals surface area contributed by atoms with Crippen molar-refractivity contribution < 1.29 is 0 Å². The number of hydrogen-bond acceptors (Lipinski definition) is 3. The van der Waals surface area contributed by atoms with Crippen LogP contribution in [0.2, 0.25) is 0 Å². The number of nitrogens with zero attached hydrogens (tertiary/aromatic N) is 2. The summed E-state index contributed by atoms with van der Waals surface area (Å²) in [4.78, 5) is 5.24. The van der Waals surface area contributed by atoms with Crippen molar-refractivity contribution in [3.05, 3.63) is 28.2 Å². The van der Waals surface area contributed by atoms with Crippen molar-refractivity contribution in [1.82, 2.24) is 4.90 Å². The number of rotatable bonds is 9. The Kier molecular flexibility index (Phi) is 8.22. The second kappa shape index (κ2) is 9.38. The maximum atomic E-state index is 5.89. The quantitative estimate of drug-likeness (QED) is 0.671. The first-order valence-electron chi connectivity index (χ1n) is 7.60. The van der Waals surface area contributed by atoms with E-state index in [-0.39, 0.29) is 0 Å². The molecule has 21 heavy (non-hydrogen) atoms. The lowest BCUT2D eigenvalue weighted by molar-refractivity contribution is 0.301. The van der Waals surface area contributed by atoms with E-state index in [0.717, 1.165) is 54.9 Å². The van der Waals surface area contributed by atoms with Gasteiger partial charge in [0.15, 0.2) is 0 Å². The van der Waals surface area contributed by atoms with Gasteiger partial charge in [-0.2, -0.15) is 0 Å². The first kappa shape index (κ1) is 18.4. The highest BCUT2D eigenvalue weighted by Crippen LogP contribution is 2.28.